The van der Waals surface area contributed by atoms with Crippen LogP contribution in [0.4, 0.5) is 10.2 Å². The molecule has 4 heterocycles. The molecular weight excluding hydrogens is 395 g/mol. The number of hydrogen-bond acceptors (Lipinski definition) is 6. The molecule has 0 bridgehead atoms. The standard InChI is InChI=1S/C22H19FN8/c1-12(29-21-18-20(26-10-25-18)27-11-28-21)22-30-16-7-6-15(23)17(13-4-5-13)19(16)31(22)14-3-2-8-24-9-14/h2-3,6-13H,4-5H2,1H3,(H2,25,26,27,28,29)/t12-/m0/s1. The molecule has 1 aromatic carbocycles. The third-order valence-electron chi connectivity index (χ3n) is 5.68. The van der Waals surface area contributed by atoms with Gasteiger partial charge in [0.15, 0.2) is 11.5 Å². The van der Waals surface area contributed by atoms with Crippen molar-refractivity contribution in [2.45, 2.75) is 31.7 Å². The number of aromatic amines is 1. The number of anilines is 1. The maximum Gasteiger partial charge on any atom is 0.162 e. The molecule has 5 aromatic rings. The summed E-state index contributed by atoms with van der Waals surface area (Å²) in [5.74, 6) is 1.41. The second kappa shape index (κ2) is 6.83. The first-order valence-electron chi connectivity index (χ1n) is 10.2. The van der Waals surface area contributed by atoms with Gasteiger partial charge in [0.25, 0.3) is 0 Å². The van der Waals surface area contributed by atoms with Crippen LogP contribution < -0.4 is 5.32 Å². The van der Waals surface area contributed by atoms with Gasteiger partial charge in [0, 0.05) is 11.8 Å². The van der Waals surface area contributed by atoms with Crippen LogP contribution in [0.25, 0.3) is 27.9 Å². The predicted molar refractivity (Wildman–Crippen MR) is 115 cm³/mol. The predicted octanol–water partition coefficient (Wildman–Crippen LogP) is 4.28. The van der Waals surface area contributed by atoms with Crippen LogP contribution in [-0.2, 0) is 0 Å². The van der Waals surface area contributed by atoms with E-state index < -0.39 is 0 Å². The van der Waals surface area contributed by atoms with Crippen molar-refractivity contribution in [1.82, 2.24) is 34.5 Å². The Hall–Kier alpha value is -3.88. The van der Waals surface area contributed by atoms with E-state index in [2.05, 4.69) is 30.2 Å². The highest BCUT2D eigenvalue weighted by molar-refractivity contribution is 5.84. The fraction of sp³-hybridized carbons (Fsp3) is 0.227. The zero-order chi connectivity index (χ0) is 20.9. The lowest BCUT2D eigenvalue weighted by Gasteiger charge is -2.17. The number of hydrogen-bond donors (Lipinski definition) is 2. The van der Waals surface area contributed by atoms with E-state index in [1.54, 1.807) is 24.8 Å². The van der Waals surface area contributed by atoms with E-state index in [0.717, 1.165) is 41.0 Å². The van der Waals surface area contributed by atoms with Crippen LogP contribution in [0, 0.1) is 5.82 Å². The summed E-state index contributed by atoms with van der Waals surface area (Å²) in [6.45, 7) is 2.00. The van der Waals surface area contributed by atoms with Gasteiger partial charge in [-0.25, -0.2) is 24.3 Å². The molecule has 0 aliphatic heterocycles. The van der Waals surface area contributed by atoms with Gasteiger partial charge in [0.1, 0.15) is 23.5 Å². The Balaban J connectivity index is 1.54. The van der Waals surface area contributed by atoms with Gasteiger partial charge >= 0.3 is 0 Å². The zero-order valence-corrected chi connectivity index (χ0v) is 16.7. The highest BCUT2D eigenvalue weighted by Crippen LogP contribution is 2.45. The number of nitrogens with zero attached hydrogens (tertiary/aromatic N) is 6. The van der Waals surface area contributed by atoms with Crippen LogP contribution in [0.2, 0.25) is 0 Å². The van der Waals surface area contributed by atoms with Crippen molar-refractivity contribution < 1.29 is 4.39 Å². The molecule has 4 aromatic heterocycles. The van der Waals surface area contributed by atoms with Gasteiger partial charge in [-0.3, -0.25) is 9.55 Å². The number of nitrogens with one attached hydrogen (secondary N) is 2. The highest BCUT2D eigenvalue weighted by atomic mass is 19.1. The lowest BCUT2D eigenvalue weighted by molar-refractivity contribution is 0.612. The van der Waals surface area contributed by atoms with Gasteiger partial charge in [0.2, 0.25) is 0 Å². The average molecular weight is 414 g/mol. The van der Waals surface area contributed by atoms with E-state index in [1.165, 1.54) is 12.4 Å². The fourth-order valence-corrected chi connectivity index (χ4v) is 4.12. The summed E-state index contributed by atoms with van der Waals surface area (Å²) < 4.78 is 16.9. The Morgan fingerprint density at radius 1 is 1.19 bits per heavy atom. The number of pyridine rings is 1. The van der Waals surface area contributed by atoms with Gasteiger partial charge in [-0.1, -0.05) is 0 Å². The largest absolute Gasteiger partial charge is 0.358 e. The number of imidazole rings is 2. The second-order valence-corrected chi connectivity index (χ2v) is 7.81. The maximum absolute atomic E-state index is 14.9. The first kappa shape index (κ1) is 17.9. The first-order valence-corrected chi connectivity index (χ1v) is 10.2. The van der Waals surface area contributed by atoms with E-state index in [0.29, 0.717) is 17.0 Å². The van der Waals surface area contributed by atoms with Gasteiger partial charge < -0.3 is 10.3 Å². The minimum atomic E-state index is -0.238. The summed E-state index contributed by atoms with van der Waals surface area (Å²) in [4.78, 5) is 25.0. The number of halogens is 1. The van der Waals surface area contributed by atoms with Crippen LogP contribution in [0.15, 0.2) is 49.3 Å². The van der Waals surface area contributed by atoms with E-state index >= 15 is 0 Å². The van der Waals surface area contributed by atoms with Gasteiger partial charge in [-0.05, 0) is 49.9 Å². The molecule has 0 saturated heterocycles. The SMILES string of the molecule is C[C@H](Nc1ncnc2[nH]cnc12)c1nc2ccc(F)c(C3CC3)c2n1-c1cccnc1. The van der Waals surface area contributed by atoms with Crippen molar-refractivity contribution in [2.24, 2.45) is 0 Å². The number of H-pyrrole nitrogens is 1. The quantitative estimate of drug-likeness (QED) is 0.446. The van der Waals surface area contributed by atoms with Crippen LogP contribution >= 0.6 is 0 Å². The van der Waals surface area contributed by atoms with Crippen molar-refractivity contribution in [3.05, 3.63) is 66.5 Å². The molecule has 1 aliphatic carbocycles. The molecule has 0 radical (unpaired) electrons. The average Bonchev–Trinajstić information content (AvgIpc) is 3.36. The summed E-state index contributed by atoms with van der Waals surface area (Å²) >= 11 is 0. The Kier molecular flexibility index (Phi) is 3.95. The summed E-state index contributed by atoms with van der Waals surface area (Å²) in [5.41, 5.74) is 4.47. The molecule has 6 rings (SSSR count). The van der Waals surface area contributed by atoms with Crippen LogP contribution in [-0.4, -0.2) is 34.5 Å². The lowest BCUT2D eigenvalue weighted by Crippen LogP contribution is -2.14. The van der Waals surface area contributed by atoms with E-state index in [1.807, 2.05) is 23.6 Å². The van der Waals surface area contributed by atoms with Crippen molar-refractivity contribution >= 4 is 28.0 Å². The van der Waals surface area contributed by atoms with Crippen LogP contribution in [0.1, 0.15) is 43.1 Å². The minimum absolute atomic E-state index is 0.179. The smallest absolute Gasteiger partial charge is 0.162 e. The monoisotopic (exact) mass is 414 g/mol. The normalized spacial score (nSPS) is 14.9. The van der Waals surface area contributed by atoms with Gasteiger partial charge in [-0.2, -0.15) is 0 Å². The fourth-order valence-electron chi connectivity index (χ4n) is 4.12. The Bertz CT molecular complexity index is 1400. The third-order valence-corrected chi connectivity index (χ3v) is 5.68. The van der Waals surface area contributed by atoms with Gasteiger partial charge in [0.05, 0.1) is 35.3 Å². The van der Waals surface area contributed by atoms with E-state index in [-0.39, 0.29) is 17.8 Å². The summed E-state index contributed by atoms with van der Waals surface area (Å²) in [6, 6.07) is 6.86. The molecule has 154 valence electrons. The third kappa shape index (κ3) is 2.92. The Morgan fingerprint density at radius 3 is 2.90 bits per heavy atom. The maximum atomic E-state index is 14.9. The molecule has 0 unspecified atom stereocenters. The first-order chi connectivity index (χ1) is 15.2. The molecule has 0 spiro atoms. The number of rotatable bonds is 5. The molecule has 8 nitrogen and oxygen atoms in total. The molecule has 1 fully saturated rings. The molecule has 9 heteroatoms. The topological polar surface area (TPSA) is 97.2 Å². The summed E-state index contributed by atoms with van der Waals surface area (Å²) in [7, 11) is 0. The van der Waals surface area contributed by atoms with Crippen molar-refractivity contribution in [3.8, 4) is 5.69 Å². The Morgan fingerprint density at radius 2 is 2.10 bits per heavy atom. The van der Waals surface area contributed by atoms with Crippen molar-refractivity contribution in [2.75, 3.05) is 5.32 Å². The Labute approximate surface area is 176 Å². The van der Waals surface area contributed by atoms with Crippen molar-refractivity contribution in [3.63, 3.8) is 0 Å². The summed E-state index contributed by atoms with van der Waals surface area (Å²) in [5, 5.41) is 3.41. The van der Waals surface area contributed by atoms with Crippen LogP contribution in [0.3, 0.4) is 0 Å². The van der Waals surface area contributed by atoms with Crippen LogP contribution in [0.5, 0.6) is 0 Å². The summed E-state index contributed by atoms with van der Waals surface area (Å²) in [6.07, 6.45) is 8.56. The second-order valence-electron chi connectivity index (χ2n) is 7.81. The van der Waals surface area contributed by atoms with E-state index in [4.69, 9.17) is 4.98 Å². The highest BCUT2D eigenvalue weighted by Gasteiger charge is 2.32. The molecular formula is C22H19FN8. The number of fused-ring (bicyclic) bond motifs is 2. The molecule has 2 N–H and O–H groups in total. The molecule has 1 aliphatic rings. The van der Waals surface area contributed by atoms with Gasteiger partial charge in [-0.15, -0.1) is 0 Å². The molecule has 31 heavy (non-hydrogen) atoms. The lowest BCUT2D eigenvalue weighted by atomic mass is 10.1. The number of aromatic nitrogens is 7. The molecule has 1 atom stereocenters. The molecule has 1 saturated carbocycles. The molecule has 0 amide bonds. The number of benzene rings is 1. The van der Waals surface area contributed by atoms with E-state index in [9.17, 15) is 4.39 Å². The zero-order valence-electron chi connectivity index (χ0n) is 16.7. The van der Waals surface area contributed by atoms with Crippen molar-refractivity contribution in [1.29, 1.82) is 0 Å². The minimum Gasteiger partial charge on any atom is -0.358 e.